The molecule has 0 saturated carbocycles. The highest BCUT2D eigenvalue weighted by atomic mass is 15.2. The monoisotopic (exact) mass is 384 g/mol. The van der Waals surface area contributed by atoms with Gasteiger partial charge in [0.1, 0.15) is 0 Å². The lowest BCUT2D eigenvalue weighted by Crippen LogP contribution is -2.49. The molecule has 0 rings (SSSR count). The van der Waals surface area contributed by atoms with Crippen LogP contribution in [0.25, 0.3) is 0 Å². The van der Waals surface area contributed by atoms with E-state index in [9.17, 15) is 0 Å². The molecule has 164 valence electrons. The summed E-state index contributed by atoms with van der Waals surface area (Å²) in [6.07, 6.45) is 25.9. The highest BCUT2D eigenvalue weighted by molar-refractivity contribution is 4.76. The predicted molar refractivity (Wildman–Crippen MR) is 121 cm³/mol. The topological polar surface area (TPSA) is 90.1 Å². The van der Waals surface area contributed by atoms with Gasteiger partial charge in [-0.2, -0.15) is 0 Å². The Morgan fingerprint density at radius 1 is 0.519 bits per heavy atom. The Kier molecular flexibility index (Phi) is 20.4. The summed E-state index contributed by atoms with van der Waals surface area (Å²) in [5.74, 6) is 5.26. The molecule has 4 heteroatoms. The van der Waals surface area contributed by atoms with Crippen LogP contribution in [0.4, 0.5) is 0 Å². The maximum atomic E-state index is 6.30. The molecule has 0 spiro atoms. The van der Waals surface area contributed by atoms with Crippen molar-refractivity contribution in [3.63, 3.8) is 0 Å². The number of nitrogens with one attached hydrogen (secondary N) is 1. The summed E-state index contributed by atoms with van der Waals surface area (Å²) in [6, 6.07) is 0. The number of unbranched alkanes of at least 4 members (excludes halogenated alkanes) is 16. The zero-order chi connectivity index (χ0) is 20.1. The van der Waals surface area contributed by atoms with E-state index in [4.69, 9.17) is 17.3 Å². The third-order valence-corrected chi connectivity index (χ3v) is 5.71. The largest absolute Gasteiger partial charge is 0.313 e. The van der Waals surface area contributed by atoms with Gasteiger partial charge in [0.05, 0.1) is 5.66 Å². The predicted octanol–water partition coefficient (Wildman–Crippen LogP) is 5.89. The summed E-state index contributed by atoms with van der Waals surface area (Å²) >= 11 is 0. The Hall–Kier alpha value is -0.160. The number of nitrogens with two attached hydrogens (primary N) is 3. The Bertz CT molecular complexity index is 282. The Morgan fingerprint density at radius 2 is 0.852 bits per heavy atom. The highest BCUT2D eigenvalue weighted by Gasteiger charge is 2.17. The van der Waals surface area contributed by atoms with Gasteiger partial charge in [-0.05, 0) is 19.3 Å². The van der Waals surface area contributed by atoms with E-state index in [-0.39, 0.29) is 0 Å². The average molecular weight is 385 g/mol. The van der Waals surface area contributed by atoms with Crippen molar-refractivity contribution in [3.8, 4) is 0 Å². The second-order valence-corrected chi connectivity index (χ2v) is 8.70. The summed E-state index contributed by atoms with van der Waals surface area (Å²) in [5.41, 5.74) is 14.9. The fourth-order valence-electron chi connectivity index (χ4n) is 3.81. The maximum Gasteiger partial charge on any atom is 0.0636 e. The van der Waals surface area contributed by atoms with Crippen LogP contribution < -0.4 is 22.7 Å². The van der Waals surface area contributed by atoms with Crippen LogP contribution in [-0.2, 0) is 0 Å². The van der Waals surface area contributed by atoms with Crippen molar-refractivity contribution in [3.05, 3.63) is 0 Å². The van der Waals surface area contributed by atoms with Crippen LogP contribution >= 0.6 is 0 Å². The average Bonchev–Trinajstić information content (AvgIpc) is 2.64. The van der Waals surface area contributed by atoms with Crippen LogP contribution in [0, 0.1) is 0 Å². The van der Waals surface area contributed by atoms with E-state index in [1.165, 1.54) is 116 Å². The zero-order valence-corrected chi connectivity index (χ0v) is 18.6. The first kappa shape index (κ1) is 26.8. The highest BCUT2D eigenvalue weighted by Crippen LogP contribution is 2.18. The second kappa shape index (κ2) is 20.6. The fraction of sp³-hybridized carbons (Fsp3) is 1.00. The first-order valence-electron chi connectivity index (χ1n) is 12.1. The Morgan fingerprint density at radius 3 is 1.22 bits per heavy atom. The van der Waals surface area contributed by atoms with Gasteiger partial charge in [-0.15, -0.1) is 0 Å². The molecule has 0 aliphatic heterocycles. The molecule has 0 radical (unpaired) electrons. The van der Waals surface area contributed by atoms with Gasteiger partial charge in [-0.3, -0.25) is 11.3 Å². The van der Waals surface area contributed by atoms with Gasteiger partial charge >= 0.3 is 0 Å². The second-order valence-electron chi connectivity index (χ2n) is 8.70. The van der Waals surface area contributed by atoms with Crippen LogP contribution in [0.1, 0.15) is 135 Å². The number of hydrogen-bond acceptors (Lipinski definition) is 4. The van der Waals surface area contributed by atoms with Crippen molar-refractivity contribution >= 4 is 0 Å². The van der Waals surface area contributed by atoms with Crippen LogP contribution in [0.5, 0.6) is 0 Å². The van der Waals surface area contributed by atoms with Crippen LogP contribution in [0.2, 0.25) is 0 Å². The summed E-state index contributed by atoms with van der Waals surface area (Å²) in [5, 5.41) is 0. The molecular weight excluding hydrogens is 332 g/mol. The van der Waals surface area contributed by atoms with Gasteiger partial charge < -0.3 is 11.5 Å². The van der Waals surface area contributed by atoms with Crippen molar-refractivity contribution in [2.45, 2.75) is 141 Å². The van der Waals surface area contributed by atoms with E-state index in [1.807, 2.05) is 0 Å². The third-order valence-electron chi connectivity index (χ3n) is 5.71. The third kappa shape index (κ3) is 22.0. The van der Waals surface area contributed by atoms with Gasteiger partial charge in [0.15, 0.2) is 0 Å². The lowest BCUT2D eigenvalue weighted by atomic mass is 9.95. The van der Waals surface area contributed by atoms with Crippen molar-refractivity contribution in [2.75, 3.05) is 6.54 Å². The van der Waals surface area contributed by atoms with Gasteiger partial charge in [0.25, 0.3) is 0 Å². The molecule has 0 aliphatic carbocycles. The van der Waals surface area contributed by atoms with Crippen molar-refractivity contribution in [2.24, 2.45) is 17.3 Å². The van der Waals surface area contributed by atoms with Gasteiger partial charge in [0, 0.05) is 6.54 Å². The number of hydrogen-bond donors (Lipinski definition) is 4. The van der Waals surface area contributed by atoms with E-state index < -0.39 is 5.66 Å². The summed E-state index contributed by atoms with van der Waals surface area (Å²) in [7, 11) is 0. The lowest BCUT2D eigenvalue weighted by molar-refractivity contribution is 0.345. The van der Waals surface area contributed by atoms with Gasteiger partial charge in [0.2, 0.25) is 0 Å². The molecule has 0 aromatic rings. The Labute approximate surface area is 170 Å². The number of hydrazine groups is 1. The van der Waals surface area contributed by atoms with E-state index >= 15 is 0 Å². The summed E-state index contributed by atoms with van der Waals surface area (Å²) < 4.78 is 0. The quantitative estimate of drug-likeness (QED) is 0.0811. The van der Waals surface area contributed by atoms with Crippen LogP contribution in [0.15, 0.2) is 0 Å². The Balaban J connectivity index is 3.31. The lowest BCUT2D eigenvalue weighted by Gasteiger charge is -2.24. The fourth-order valence-corrected chi connectivity index (χ4v) is 3.81. The molecule has 0 aliphatic rings. The molecular formula is C23H52N4. The van der Waals surface area contributed by atoms with Gasteiger partial charge in [-0.1, -0.05) is 116 Å². The summed E-state index contributed by atoms with van der Waals surface area (Å²) in [6.45, 7) is 3.22. The molecule has 27 heavy (non-hydrogen) atoms. The smallest absolute Gasteiger partial charge is 0.0636 e. The molecule has 0 saturated heterocycles. The molecule has 0 heterocycles. The van der Waals surface area contributed by atoms with Crippen molar-refractivity contribution in [1.82, 2.24) is 5.43 Å². The molecule has 0 fully saturated rings. The zero-order valence-electron chi connectivity index (χ0n) is 18.6. The molecule has 4 nitrogen and oxygen atoms in total. The standard InChI is InChI=1S/C23H52N4/c1-2-3-4-5-6-8-11-14-17-20-23(24,25)21-18-15-12-9-7-10-13-16-19-22-27-26/h27H,2-22,24-26H2,1H3. The van der Waals surface area contributed by atoms with E-state index in [1.54, 1.807) is 0 Å². The molecule has 0 amide bonds. The first-order valence-corrected chi connectivity index (χ1v) is 12.1. The first-order chi connectivity index (χ1) is 13.1. The number of rotatable bonds is 22. The minimum Gasteiger partial charge on any atom is -0.313 e. The molecule has 0 unspecified atom stereocenters. The summed E-state index contributed by atoms with van der Waals surface area (Å²) in [4.78, 5) is 0. The van der Waals surface area contributed by atoms with Crippen LogP contribution in [-0.4, -0.2) is 12.2 Å². The van der Waals surface area contributed by atoms with E-state index in [0.717, 1.165) is 19.4 Å². The maximum absolute atomic E-state index is 6.30. The SMILES string of the molecule is CCCCCCCCCCCC(N)(N)CCCCCCCCCCCNN. The molecule has 7 N–H and O–H groups in total. The van der Waals surface area contributed by atoms with Crippen molar-refractivity contribution < 1.29 is 0 Å². The minimum atomic E-state index is -0.432. The molecule has 0 bridgehead atoms. The van der Waals surface area contributed by atoms with Gasteiger partial charge in [-0.25, -0.2) is 0 Å². The molecule has 0 aromatic heterocycles. The van der Waals surface area contributed by atoms with E-state index in [2.05, 4.69) is 12.3 Å². The van der Waals surface area contributed by atoms with Crippen molar-refractivity contribution in [1.29, 1.82) is 0 Å². The van der Waals surface area contributed by atoms with E-state index in [0.29, 0.717) is 0 Å². The molecule has 0 aromatic carbocycles. The van der Waals surface area contributed by atoms with Crippen LogP contribution in [0.3, 0.4) is 0 Å². The molecule has 0 atom stereocenters. The normalized spacial score (nSPS) is 12.0. The minimum absolute atomic E-state index is 0.432.